The molecule has 0 unspecified atom stereocenters. The molecule has 1 saturated heterocycles. The molecule has 3 N–H and O–H groups in total. The monoisotopic (exact) mass is 689 g/mol. The molecule has 0 aliphatic carbocycles. The van der Waals surface area contributed by atoms with Gasteiger partial charge in [-0.15, -0.1) is 0 Å². The third-order valence-corrected chi connectivity index (χ3v) is 9.57. The Morgan fingerprint density at radius 3 is 2.63 bits per heavy atom. The number of pyridine rings is 1. The predicted molar refractivity (Wildman–Crippen MR) is 187 cm³/mol. The van der Waals surface area contributed by atoms with Crippen molar-refractivity contribution in [2.45, 2.75) is 51.7 Å². The second-order valence-corrected chi connectivity index (χ2v) is 13.0. The topological polar surface area (TPSA) is 123 Å². The van der Waals surface area contributed by atoms with Crippen molar-refractivity contribution in [3.8, 4) is 11.1 Å². The van der Waals surface area contributed by atoms with Crippen molar-refractivity contribution in [1.82, 2.24) is 24.8 Å². The number of likely N-dealkylation sites (N-methyl/N-ethyl adjacent to an activating group) is 1. The van der Waals surface area contributed by atoms with Crippen LogP contribution in [0.5, 0.6) is 0 Å². The minimum absolute atomic E-state index is 0.0877. The van der Waals surface area contributed by atoms with Crippen LogP contribution < -0.4 is 16.0 Å². The number of methoxy groups -OCH3 is 1. The normalized spacial score (nSPS) is 17.8. The van der Waals surface area contributed by atoms with E-state index in [4.69, 9.17) is 21.1 Å². The summed E-state index contributed by atoms with van der Waals surface area (Å²) in [4.78, 5) is 38.2. The van der Waals surface area contributed by atoms with Crippen LogP contribution in [0, 0.1) is 6.92 Å². The summed E-state index contributed by atoms with van der Waals surface area (Å²) in [6.45, 7) is 4.69. The number of fused-ring (bicyclic) bond motifs is 1. The van der Waals surface area contributed by atoms with Gasteiger partial charge in [-0.25, -0.2) is 9.37 Å². The maximum atomic E-state index is 14.2. The summed E-state index contributed by atoms with van der Waals surface area (Å²) >= 11 is 6.92. The molecule has 6 rings (SSSR count). The van der Waals surface area contributed by atoms with E-state index in [0.717, 1.165) is 41.0 Å². The SMILES string of the molecule is COCc1cc(CN[C@@H]2CCOC[C@@H]2F)cnc1C(=O)Nc1cccc(-c2cccc(NC(=O)c3nc4c(n3C)CCN(C)C4)c2Cl)c1C. The number of nitrogens with zero attached hydrogens (tertiary/aromatic N) is 4. The van der Waals surface area contributed by atoms with Crippen molar-refractivity contribution < 1.29 is 23.5 Å². The van der Waals surface area contributed by atoms with E-state index in [1.165, 1.54) is 0 Å². The first-order valence-electron chi connectivity index (χ1n) is 16.3. The lowest BCUT2D eigenvalue weighted by atomic mass is 9.98. The van der Waals surface area contributed by atoms with E-state index in [1.807, 2.05) is 62.0 Å². The molecule has 11 nitrogen and oxygen atoms in total. The van der Waals surface area contributed by atoms with E-state index in [0.29, 0.717) is 59.5 Å². The number of amides is 2. The molecule has 2 aromatic heterocycles. The Kier molecular flexibility index (Phi) is 10.7. The highest BCUT2D eigenvalue weighted by Gasteiger charge is 2.26. The fourth-order valence-electron chi connectivity index (χ4n) is 6.43. The van der Waals surface area contributed by atoms with Gasteiger partial charge in [0.2, 0.25) is 0 Å². The van der Waals surface area contributed by atoms with Gasteiger partial charge in [-0.3, -0.25) is 14.6 Å². The quantitative estimate of drug-likeness (QED) is 0.205. The average molecular weight is 690 g/mol. The zero-order chi connectivity index (χ0) is 34.7. The van der Waals surface area contributed by atoms with Crippen LogP contribution in [-0.4, -0.2) is 77.4 Å². The fourth-order valence-corrected chi connectivity index (χ4v) is 6.70. The van der Waals surface area contributed by atoms with Gasteiger partial charge in [0.25, 0.3) is 11.8 Å². The van der Waals surface area contributed by atoms with E-state index in [9.17, 15) is 14.0 Å². The number of alkyl halides is 1. The van der Waals surface area contributed by atoms with Gasteiger partial charge in [-0.1, -0.05) is 35.9 Å². The number of carbonyl (C=O) groups excluding carboxylic acids is 2. The van der Waals surface area contributed by atoms with Gasteiger partial charge in [0.1, 0.15) is 11.9 Å². The van der Waals surface area contributed by atoms with E-state index in [2.05, 4.69) is 30.8 Å². The summed E-state index contributed by atoms with van der Waals surface area (Å²) in [5.74, 6) is -0.398. The summed E-state index contributed by atoms with van der Waals surface area (Å²) in [7, 11) is 5.46. The molecule has 0 saturated carbocycles. The van der Waals surface area contributed by atoms with Crippen LogP contribution in [0.3, 0.4) is 0 Å². The third-order valence-electron chi connectivity index (χ3n) is 9.16. The Hall–Kier alpha value is -4.20. The lowest BCUT2D eigenvalue weighted by Gasteiger charge is -2.27. The van der Waals surface area contributed by atoms with Crippen molar-refractivity contribution in [1.29, 1.82) is 0 Å². The number of anilines is 2. The van der Waals surface area contributed by atoms with Gasteiger partial charge in [0.05, 0.1) is 29.6 Å². The van der Waals surface area contributed by atoms with Gasteiger partial charge in [-0.05, 0) is 55.3 Å². The second-order valence-electron chi connectivity index (χ2n) is 12.6. The van der Waals surface area contributed by atoms with E-state index < -0.39 is 12.1 Å². The van der Waals surface area contributed by atoms with Crippen LogP contribution in [0.1, 0.15) is 55.6 Å². The Labute approximate surface area is 290 Å². The first kappa shape index (κ1) is 34.7. The number of halogens is 2. The second kappa shape index (κ2) is 15.1. The Morgan fingerprint density at radius 1 is 1.10 bits per heavy atom. The molecule has 2 aromatic carbocycles. The highest BCUT2D eigenvalue weighted by Crippen LogP contribution is 2.38. The smallest absolute Gasteiger partial charge is 0.291 e. The Bertz CT molecular complexity index is 1870. The zero-order valence-corrected chi connectivity index (χ0v) is 28.9. The number of rotatable bonds is 10. The zero-order valence-electron chi connectivity index (χ0n) is 28.1. The van der Waals surface area contributed by atoms with Crippen molar-refractivity contribution in [2.75, 3.05) is 44.5 Å². The fraction of sp³-hybridized carbons (Fsp3) is 0.389. The first-order chi connectivity index (χ1) is 23.6. The Balaban J connectivity index is 1.19. The molecule has 2 aliphatic rings. The molecule has 2 amide bonds. The van der Waals surface area contributed by atoms with Crippen LogP contribution in [0.25, 0.3) is 11.1 Å². The molecular formula is C36H41ClFN7O4. The number of hydrogen-bond acceptors (Lipinski definition) is 8. The number of nitrogens with one attached hydrogen (secondary N) is 3. The Morgan fingerprint density at radius 2 is 1.86 bits per heavy atom. The van der Waals surface area contributed by atoms with Gasteiger partial charge in [0, 0.05) is 81.6 Å². The molecule has 49 heavy (non-hydrogen) atoms. The van der Waals surface area contributed by atoms with Gasteiger partial charge >= 0.3 is 0 Å². The summed E-state index contributed by atoms with van der Waals surface area (Å²) in [6, 6.07) is 12.6. The lowest BCUT2D eigenvalue weighted by Crippen LogP contribution is -2.43. The third kappa shape index (κ3) is 7.53. The number of imidazole rings is 1. The highest BCUT2D eigenvalue weighted by atomic mass is 35.5. The van der Waals surface area contributed by atoms with Crippen LogP contribution in [0.4, 0.5) is 15.8 Å². The maximum absolute atomic E-state index is 14.2. The molecule has 1 fully saturated rings. The van der Waals surface area contributed by atoms with Crippen molar-refractivity contribution in [2.24, 2.45) is 7.05 Å². The number of carbonyl (C=O) groups is 2. The van der Waals surface area contributed by atoms with Gasteiger partial charge in [0.15, 0.2) is 5.82 Å². The molecule has 2 atom stereocenters. The van der Waals surface area contributed by atoms with Crippen molar-refractivity contribution in [3.63, 3.8) is 0 Å². The summed E-state index contributed by atoms with van der Waals surface area (Å²) < 4.78 is 26.6. The average Bonchev–Trinajstić information content (AvgIpc) is 3.41. The van der Waals surface area contributed by atoms with Crippen LogP contribution >= 0.6 is 11.6 Å². The first-order valence-corrected chi connectivity index (χ1v) is 16.7. The van der Waals surface area contributed by atoms with Gasteiger partial charge < -0.3 is 34.9 Å². The molecule has 2 aliphatic heterocycles. The standard InChI is InChI=1S/C36H41ClFN7O4/c1-21-24(25-8-6-10-29(32(25)37)43-36(47)34-41-30-18-44(2)13-11-31(30)45(34)3)7-5-9-27(21)42-35(46)33-23(19-48-4)15-22(17-40-33)16-39-28-12-14-49-20-26(28)38/h5-10,15,17,26,28,39H,11-14,16,18-20H2,1-4H3,(H,42,46)(H,43,47)/t26-,28+/m0/s1. The van der Waals surface area contributed by atoms with Crippen LogP contribution in [0.15, 0.2) is 48.7 Å². The van der Waals surface area contributed by atoms with Gasteiger partial charge in [-0.2, -0.15) is 0 Å². The highest BCUT2D eigenvalue weighted by molar-refractivity contribution is 6.36. The van der Waals surface area contributed by atoms with Crippen molar-refractivity contribution in [3.05, 3.63) is 93.3 Å². The molecule has 0 radical (unpaired) electrons. The summed E-state index contributed by atoms with van der Waals surface area (Å²) in [5, 5.41) is 9.56. The molecular weight excluding hydrogens is 649 g/mol. The predicted octanol–water partition coefficient (Wildman–Crippen LogP) is 5.30. The van der Waals surface area contributed by atoms with E-state index in [-0.39, 0.29) is 30.9 Å². The number of benzene rings is 2. The molecule has 258 valence electrons. The molecule has 0 bridgehead atoms. The number of aromatic nitrogens is 3. The van der Waals surface area contributed by atoms with E-state index >= 15 is 0 Å². The summed E-state index contributed by atoms with van der Waals surface area (Å²) in [5.41, 5.74) is 6.96. The maximum Gasteiger partial charge on any atom is 0.291 e. The number of ether oxygens (including phenoxy) is 2. The molecule has 4 heterocycles. The number of hydrogen-bond donors (Lipinski definition) is 3. The molecule has 4 aromatic rings. The van der Waals surface area contributed by atoms with Crippen LogP contribution in [-0.2, 0) is 42.6 Å². The lowest BCUT2D eigenvalue weighted by molar-refractivity contribution is 0.0135. The minimum Gasteiger partial charge on any atom is -0.380 e. The molecule has 13 heteroatoms. The largest absolute Gasteiger partial charge is 0.380 e. The van der Waals surface area contributed by atoms with Crippen molar-refractivity contribution >= 4 is 34.8 Å². The molecule has 0 spiro atoms. The minimum atomic E-state index is -1.07. The van der Waals surface area contributed by atoms with E-state index in [1.54, 1.807) is 19.4 Å². The summed E-state index contributed by atoms with van der Waals surface area (Å²) in [6.07, 6.45) is 1.97. The van der Waals surface area contributed by atoms with Crippen LogP contribution in [0.2, 0.25) is 5.02 Å².